The largest absolute Gasteiger partial charge is 0.480 e. The van der Waals surface area contributed by atoms with Crippen LogP contribution in [0.15, 0.2) is 0 Å². The van der Waals surface area contributed by atoms with Crippen LogP contribution >= 0.6 is 0 Å². The van der Waals surface area contributed by atoms with Gasteiger partial charge in [0.15, 0.2) is 0 Å². The number of aromatic nitrogens is 2. The van der Waals surface area contributed by atoms with E-state index in [1.807, 2.05) is 27.8 Å². The van der Waals surface area contributed by atoms with Crippen molar-refractivity contribution in [2.24, 2.45) is 18.4 Å². The van der Waals surface area contributed by atoms with Crippen molar-refractivity contribution in [3.05, 3.63) is 17.0 Å². The van der Waals surface area contributed by atoms with Crippen molar-refractivity contribution in [2.45, 2.75) is 66.8 Å². The molecule has 1 heterocycles. The summed E-state index contributed by atoms with van der Waals surface area (Å²) >= 11 is 0. The molecule has 2 unspecified atom stereocenters. The second-order valence-electron chi connectivity index (χ2n) is 7.88. The van der Waals surface area contributed by atoms with Crippen LogP contribution in [0.2, 0.25) is 0 Å². The lowest BCUT2D eigenvalue weighted by molar-refractivity contribution is -0.142. The smallest absolute Gasteiger partial charge is 0.326 e. The first-order valence-corrected chi connectivity index (χ1v) is 8.44. The molecular weight excluding hydrogens is 306 g/mol. The summed E-state index contributed by atoms with van der Waals surface area (Å²) in [6.45, 7) is 11.9. The Morgan fingerprint density at radius 1 is 1.29 bits per heavy atom. The summed E-state index contributed by atoms with van der Waals surface area (Å²) < 4.78 is 1.80. The second-order valence-corrected chi connectivity index (χ2v) is 7.88. The molecule has 0 spiro atoms. The van der Waals surface area contributed by atoms with Crippen LogP contribution in [-0.4, -0.2) is 32.8 Å². The molecule has 0 aliphatic carbocycles. The third-order valence-electron chi connectivity index (χ3n) is 4.41. The Hall–Kier alpha value is -1.85. The Kier molecular flexibility index (Phi) is 6.58. The monoisotopic (exact) mass is 337 g/mol. The van der Waals surface area contributed by atoms with E-state index in [-0.39, 0.29) is 17.2 Å². The van der Waals surface area contributed by atoms with Crippen molar-refractivity contribution in [3.63, 3.8) is 0 Å². The molecule has 6 heteroatoms. The quantitative estimate of drug-likeness (QED) is 0.801. The van der Waals surface area contributed by atoms with E-state index < -0.39 is 12.0 Å². The zero-order valence-corrected chi connectivity index (χ0v) is 15.9. The van der Waals surface area contributed by atoms with Gasteiger partial charge >= 0.3 is 5.97 Å². The highest BCUT2D eigenvalue weighted by Crippen LogP contribution is 2.22. The maximum absolute atomic E-state index is 12.4. The van der Waals surface area contributed by atoms with Gasteiger partial charge in [0.05, 0.1) is 5.69 Å². The summed E-state index contributed by atoms with van der Waals surface area (Å²) in [5, 5.41) is 16.4. The van der Waals surface area contributed by atoms with Gasteiger partial charge in [0.25, 0.3) is 0 Å². The number of carboxylic acids is 1. The number of carbonyl (C=O) groups is 2. The van der Waals surface area contributed by atoms with E-state index >= 15 is 0 Å². The third-order valence-corrected chi connectivity index (χ3v) is 4.41. The van der Waals surface area contributed by atoms with Crippen molar-refractivity contribution >= 4 is 11.9 Å². The zero-order chi connectivity index (χ0) is 18.7. The van der Waals surface area contributed by atoms with Crippen LogP contribution in [0, 0.1) is 25.2 Å². The minimum atomic E-state index is -0.978. The number of hydrogen-bond donors (Lipinski definition) is 2. The first kappa shape index (κ1) is 20.2. The average Bonchev–Trinajstić information content (AvgIpc) is 2.68. The fraction of sp³-hybridized carbons (Fsp3) is 0.722. The number of aryl methyl sites for hydroxylation is 2. The first-order chi connectivity index (χ1) is 10.9. The molecule has 0 radical (unpaired) electrons. The fourth-order valence-corrected chi connectivity index (χ4v) is 2.66. The van der Waals surface area contributed by atoms with Crippen molar-refractivity contribution in [1.82, 2.24) is 15.1 Å². The maximum atomic E-state index is 12.4. The summed E-state index contributed by atoms with van der Waals surface area (Å²) in [4.78, 5) is 23.8. The highest BCUT2D eigenvalue weighted by Gasteiger charge is 2.26. The van der Waals surface area contributed by atoms with Crippen LogP contribution in [0.3, 0.4) is 0 Å². The van der Waals surface area contributed by atoms with Gasteiger partial charge < -0.3 is 10.4 Å². The van der Waals surface area contributed by atoms with Crippen LogP contribution in [0.5, 0.6) is 0 Å². The number of carboxylic acid groups (broad SMARTS) is 1. The van der Waals surface area contributed by atoms with Gasteiger partial charge in [-0.15, -0.1) is 0 Å². The van der Waals surface area contributed by atoms with Crippen molar-refractivity contribution < 1.29 is 14.7 Å². The van der Waals surface area contributed by atoms with Gasteiger partial charge in [-0.05, 0) is 44.1 Å². The Labute approximate surface area is 144 Å². The third kappa shape index (κ3) is 5.65. The summed E-state index contributed by atoms with van der Waals surface area (Å²) in [7, 11) is 1.88. The van der Waals surface area contributed by atoms with Gasteiger partial charge in [-0.2, -0.15) is 5.10 Å². The number of hydrogen-bond acceptors (Lipinski definition) is 3. The van der Waals surface area contributed by atoms with Crippen molar-refractivity contribution in [2.75, 3.05) is 0 Å². The highest BCUT2D eigenvalue weighted by atomic mass is 16.4. The molecule has 136 valence electrons. The van der Waals surface area contributed by atoms with Crippen molar-refractivity contribution in [1.29, 1.82) is 0 Å². The molecule has 24 heavy (non-hydrogen) atoms. The van der Waals surface area contributed by atoms with Gasteiger partial charge in [-0.1, -0.05) is 27.7 Å². The summed E-state index contributed by atoms with van der Waals surface area (Å²) in [5.74, 6) is -1.50. The molecule has 1 aromatic rings. The number of nitrogens with one attached hydrogen (secondary N) is 1. The lowest BCUT2D eigenvalue weighted by atomic mass is 9.88. The van der Waals surface area contributed by atoms with Gasteiger partial charge in [-0.25, -0.2) is 4.79 Å². The predicted molar refractivity (Wildman–Crippen MR) is 93.8 cm³/mol. The van der Waals surface area contributed by atoms with Crippen LogP contribution in [0.4, 0.5) is 0 Å². The molecular formula is C18H31N3O3. The molecule has 1 amide bonds. The number of rotatable bonds is 7. The van der Waals surface area contributed by atoms with Crippen LogP contribution in [-0.2, 0) is 23.1 Å². The molecule has 2 atom stereocenters. The van der Waals surface area contributed by atoms with E-state index in [1.54, 1.807) is 4.68 Å². The molecule has 0 bridgehead atoms. The zero-order valence-electron chi connectivity index (χ0n) is 15.9. The molecule has 0 aliphatic rings. The molecule has 1 rings (SSSR count). The molecule has 1 aromatic heterocycles. The molecule has 0 fully saturated rings. The summed E-state index contributed by atoms with van der Waals surface area (Å²) in [5.41, 5.74) is 3.04. The maximum Gasteiger partial charge on any atom is 0.326 e. The van der Waals surface area contributed by atoms with Gasteiger partial charge in [0.2, 0.25) is 5.91 Å². The number of aliphatic carboxylic acids is 1. The Bertz CT molecular complexity index is 599. The Morgan fingerprint density at radius 3 is 2.29 bits per heavy atom. The molecule has 0 aliphatic heterocycles. The number of amides is 1. The van der Waals surface area contributed by atoms with Gasteiger partial charge in [-0.3, -0.25) is 9.48 Å². The Morgan fingerprint density at radius 2 is 1.88 bits per heavy atom. The molecule has 0 saturated carbocycles. The van der Waals surface area contributed by atoms with Gasteiger partial charge in [0, 0.05) is 18.7 Å². The SMILES string of the molecule is Cc1nn(C)c(C)c1CC(C)C(=O)NC(CCC(C)(C)C)C(=O)O. The predicted octanol–water partition coefficient (Wildman–Crippen LogP) is 2.61. The molecule has 0 aromatic carbocycles. The molecule has 2 N–H and O–H groups in total. The fourth-order valence-electron chi connectivity index (χ4n) is 2.66. The summed E-state index contributed by atoms with van der Waals surface area (Å²) in [6.07, 6.45) is 1.73. The standard InChI is InChI=1S/C18H31N3O3/c1-11(10-14-12(2)20-21(7)13(14)3)16(22)19-15(17(23)24)8-9-18(4,5)6/h11,15H,8-10H2,1-7H3,(H,19,22)(H,23,24). The molecule has 0 saturated heterocycles. The lowest BCUT2D eigenvalue weighted by Crippen LogP contribution is -2.44. The highest BCUT2D eigenvalue weighted by molar-refractivity contribution is 5.84. The summed E-state index contributed by atoms with van der Waals surface area (Å²) in [6, 6.07) is -0.838. The van der Waals surface area contributed by atoms with E-state index in [9.17, 15) is 14.7 Å². The molecule has 6 nitrogen and oxygen atoms in total. The van der Waals surface area contributed by atoms with E-state index in [0.717, 1.165) is 23.4 Å². The minimum absolute atomic E-state index is 0.0357. The van der Waals surface area contributed by atoms with E-state index in [1.165, 1.54) is 0 Å². The van der Waals surface area contributed by atoms with Gasteiger partial charge in [0.1, 0.15) is 6.04 Å². The average molecular weight is 337 g/mol. The lowest BCUT2D eigenvalue weighted by Gasteiger charge is -2.22. The second kappa shape index (κ2) is 7.81. The number of nitrogens with zero attached hydrogens (tertiary/aromatic N) is 2. The van der Waals surface area contributed by atoms with E-state index in [2.05, 4.69) is 31.2 Å². The normalized spacial score (nSPS) is 14.3. The van der Waals surface area contributed by atoms with E-state index in [0.29, 0.717) is 12.8 Å². The topological polar surface area (TPSA) is 84.2 Å². The Balaban J connectivity index is 2.71. The number of carbonyl (C=O) groups excluding carboxylic acids is 1. The van der Waals surface area contributed by atoms with Crippen molar-refractivity contribution in [3.8, 4) is 0 Å². The van der Waals surface area contributed by atoms with E-state index in [4.69, 9.17) is 0 Å². The van der Waals surface area contributed by atoms with Crippen LogP contribution < -0.4 is 5.32 Å². The van der Waals surface area contributed by atoms with Crippen LogP contribution in [0.1, 0.15) is 57.5 Å². The minimum Gasteiger partial charge on any atom is -0.480 e. The van der Waals surface area contributed by atoms with Crippen LogP contribution in [0.25, 0.3) is 0 Å². The first-order valence-electron chi connectivity index (χ1n) is 8.44.